The van der Waals surface area contributed by atoms with E-state index in [1.807, 2.05) is 0 Å². The molecule has 0 saturated carbocycles. The zero-order valence-corrected chi connectivity index (χ0v) is 11.7. The zero-order valence-electron chi connectivity index (χ0n) is 10.9. The third-order valence-electron chi connectivity index (χ3n) is 2.59. The van der Waals surface area contributed by atoms with Crippen LogP contribution >= 0.6 is 0 Å². The number of sulfonamides is 1. The van der Waals surface area contributed by atoms with Crippen LogP contribution in [0.3, 0.4) is 0 Å². The molecular formula is C13H13N5O2S. The minimum atomic E-state index is -3.87. The van der Waals surface area contributed by atoms with E-state index in [1.54, 1.807) is 30.6 Å². The molecule has 0 fully saturated rings. The number of primary sulfonamides is 1. The predicted octanol–water partition coefficient (Wildman–Crippen LogP) is 1.26. The highest BCUT2D eigenvalue weighted by Crippen LogP contribution is 2.14. The lowest BCUT2D eigenvalue weighted by atomic mass is 10.1. The van der Waals surface area contributed by atoms with Crippen LogP contribution in [-0.2, 0) is 10.0 Å². The minimum Gasteiger partial charge on any atom is -0.312 e. The summed E-state index contributed by atoms with van der Waals surface area (Å²) >= 11 is 0. The van der Waals surface area contributed by atoms with Gasteiger partial charge in [-0.2, -0.15) is 0 Å². The first kappa shape index (κ1) is 14.9. The van der Waals surface area contributed by atoms with Gasteiger partial charge in [0.05, 0.1) is 23.5 Å². The number of rotatable bonds is 5. The molecule has 21 heavy (non-hydrogen) atoms. The van der Waals surface area contributed by atoms with Gasteiger partial charge in [-0.25, -0.2) is 18.5 Å². The highest BCUT2D eigenvalue weighted by Gasteiger charge is 2.13. The summed E-state index contributed by atoms with van der Waals surface area (Å²) < 4.78 is 22.6. The van der Waals surface area contributed by atoms with E-state index in [0.29, 0.717) is 11.4 Å². The van der Waals surface area contributed by atoms with Crippen molar-refractivity contribution in [2.24, 2.45) is 10.1 Å². The Kier molecular flexibility index (Phi) is 4.51. The first-order chi connectivity index (χ1) is 10.0. The van der Waals surface area contributed by atoms with Crippen LogP contribution in [-0.4, -0.2) is 30.8 Å². The minimum absolute atomic E-state index is 0.235. The second kappa shape index (κ2) is 6.33. The van der Waals surface area contributed by atoms with E-state index in [-0.39, 0.29) is 5.03 Å². The number of nitrogens with one attached hydrogen (secondary N) is 1. The summed E-state index contributed by atoms with van der Waals surface area (Å²) in [5, 5.41) is 12.2. The van der Waals surface area contributed by atoms with Crippen molar-refractivity contribution in [3.8, 4) is 0 Å². The molecule has 2 heterocycles. The standard InChI is InChI=1S/C13H13N5O2S/c14-7-10(8-17-11-3-2-6-16-9-11)12-4-1-5-13(18-12)21(15,19)20/h1-10,14H,(H2,15,19,20). The van der Waals surface area contributed by atoms with Crippen LogP contribution in [0.2, 0.25) is 0 Å². The average molecular weight is 303 g/mol. The Bertz CT molecular complexity index is 759. The van der Waals surface area contributed by atoms with E-state index >= 15 is 0 Å². The molecule has 2 aromatic rings. The van der Waals surface area contributed by atoms with E-state index in [9.17, 15) is 8.42 Å². The highest BCUT2D eigenvalue weighted by atomic mass is 32.2. The first-order valence-corrected chi connectivity index (χ1v) is 7.50. The topological polar surface area (TPSA) is 122 Å². The van der Waals surface area contributed by atoms with Crippen LogP contribution in [0.1, 0.15) is 11.6 Å². The Balaban J connectivity index is 2.30. The second-order valence-electron chi connectivity index (χ2n) is 4.13. The molecule has 0 aliphatic rings. The number of aliphatic imine (C=N–C) groups is 1. The molecule has 7 nitrogen and oxygen atoms in total. The Morgan fingerprint density at radius 3 is 2.71 bits per heavy atom. The summed E-state index contributed by atoms with van der Waals surface area (Å²) in [6.45, 7) is 0. The van der Waals surface area contributed by atoms with Gasteiger partial charge in [-0.1, -0.05) is 6.07 Å². The summed E-state index contributed by atoms with van der Waals surface area (Å²) in [5.74, 6) is -0.549. The van der Waals surface area contributed by atoms with Gasteiger partial charge in [0.2, 0.25) is 0 Å². The number of aromatic nitrogens is 2. The van der Waals surface area contributed by atoms with Crippen molar-refractivity contribution in [2.75, 3.05) is 0 Å². The molecule has 0 bridgehead atoms. The predicted molar refractivity (Wildman–Crippen MR) is 79.5 cm³/mol. The molecular weight excluding hydrogens is 290 g/mol. The van der Waals surface area contributed by atoms with Crippen LogP contribution in [0.15, 0.2) is 52.7 Å². The van der Waals surface area contributed by atoms with Gasteiger partial charge in [0.1, 0.15) is 0 Å². The van der Waals surface area contributed by atoms with E-state index in [4.69, 9.17) is 10.5 Å². The van der Waals surface area contributed by atoms with Gasteiger partial charge >= 0.3 is 0 Å². The van der Waals surface area contributed by atoms with Gasteiger partial charge in [-0.3, -0.25) is 9.98 Å². The molecule has 108 valence electrons. The fourth-order valence-corrected chi connectivity index (χ4v) is 2.08. The van der Waals surface area contributed by atoms with Gasteiger partial charge < -0.3 is 5.41 Å². The van der Waals surface area contributed by atoms with Gasteiger partial charge in [-0.05, 0) is 24.3 Å². The van der Waals surface area contributed by atoms with Crippen molar-refractivity contribution in [1.29, 1.82) is 5.41 Å². The lowest BCUT2D eigenvalue weighted by Gasteiger charge is -2.06. The van der Waals surface area contributed by atoms with Crippen LogP contribution in [0.4, 0.5) is 5.69 Å². The maximum absolute atomic E-state index is 11.3. The summed E-state index contributed by atoms with van der Waals surface area (Å²) in [5.41, 5.74) is 1.01. The largest absolute Gasteiger partial charge is 0.312 e. The van der Waals surface area contributed by atoms with Gasteiger partial charge in [-0.15, -0.1) is 0 Å². The first-order valence-electron chi connectivity index (χ1n) is 5.95. The fourth-order valence-electron chi connectivity index (χ4n) is 1.58. The van der Waals surface area contributed by atoms with Gasteiger partial charge in [0.25, 0.3) is 10.0 Å². The zero-order chi connectivity index (χ0) is 15.3. The maximum atomic E-state index is 11.3. The van der Waals surface area contributed by atoms with Crippen LogP contribution in [0.5, 0.6) is 0 Å². The molecule has 0 amide bonds. The lowest BCUT2D eigenvalue weighted by Crippen LogP contribution is -2.15. The quantitative estimate of drug-likeness (QED) is 0.807. The molecule has 0 aliphatic carbocycles. The number of pyridine rings is 2. The van der Waals surface area contributed by atoms with Crippen molar-refractivity contribution in [3.05, 3.63) is 48.4 Å². The van der Waals surface area contributed by atoms with Gasteiger partial charge in [0, 0.05) is 18.6 Å². The SMILES string of the molecule is N=CC(C=Nc1cccnc1)c1cccc(S(N)(=O)=O)n1. The summed E-state index contributed by atoms with van der Waals surface area (Å²) in [7, 11) is -3.87. The number of hydrogen-bond acceptors (Lipinski definition) is 6. The molecule has 8 heteroatoms. The van der Waals surface area contributed by atoms with Crippen LogP contribution < -0.4 is 5.14 Å². The normalized spacial score (nSPS) is 13.2. The molecule has 0 aliphatic heterocycles. The Morgan fingerprint density at radius 1 is 1.29 bits per heavy atom. The third kappa shape index (κ3) is 4.01. The van der Waals surface area contributed by atoms with Crippen molar-refractivity contribution in [3.63, 3.8) is 0 Å². The molecule has 1 atom stereocenters. The van der Waals surface area contributed by atoms with Crippen molar-refractivity contribution >= 4 is 28.1 Å². The number of nitrogens with zero attached hydrogens (tertiary/aromatic N) is 3. The number of hydrogen-bond donors (Lipinski definition) is 2. The summed E-state index contributed by atoms with van der Waals surface area (Å²) in [6.07, 6.45) is 5.82. The van der Waals surface area contributed by atoms with Crippen molar-refractivity contribution in [2.45, 2.75) is 10.9 Å². The van der Waals surface area contributed by atoms with E-state index < -0.39 is 15.9 Å². The Morgan fingerprint density at radius 2 is 2.10 bits per heavy atom. The molecule has 3 N–H and O–H groups in total. The smallest absolute Gasteiger partial charge is 0.255 e. The van der Waals surface area contributed by atoms with E-state index in [1.165, 1.54) is 18.3 Å². The molecule has 2 rings (SSSR count). The third-order valence-corrected chi connectivity index (χ3v) is 3.40. The van der Waals surface area contributed by atoms with Crippen LogP contribution in [0, 0.1) is 5.41 Å². The molecule has 1 unspecified atom stereocenters. The Hall–Kier alpha value is -2.45. The second-order valence-corrected chi connectivity index (χ2v) is 5.64. The monoisotopic (exact) mass is 303 g/mol. The molecule has 2 aromatic heterocycles. The van der Waals surface area contributed by atoms with E-state index in [2.05, 4.69) is 15.0 Å². The molecule has 0 radical (unpaired) electrons. The summed E-state index contributed by atoms with van der Waals surface area (Å²) in [6, 6.07) is 7.94. The fraction of sp³-hybridized carbons (Fsp3) is 0.0769. The van der Waals surface area contributed by atoms with E-state index in [0.717, 1.165) is 6.21 Å². The average Bonchev–Trinajstić information content (AvgIpc) is 2.48. The maximum Gasteiger partial charge on any atom is 0.255 e. The Labute approximate surface area is 122 Å². The van der Waals surface area contributed by atoms with Gasteiger partial charge in [0.15, 0.2) is 5.03 Å². The summed E-state index contributed by atoms with van der Waals surface area (Å²) in [4.78, 5) is 12.1. The molecule has 0 saturated heterocycles. The highest BCUT2D eigenvalue weighted by molar-refractivity contribution is 7.89. The van der Waals surface area contributed by atoms with Crippen molar-refractivity contribution in [1.82, 2.24) is 9.97 Å². The lowest BCUT2D eigenvalue weighted by molar-refractivity contribution is 0.593. The molecule has 0 spiro atoms. The molecule has 0 aromatic carbocycles. The van der Waals surface area contributed by atoms with Crippen molar-refractivity contribution < 1.29 is 8.42 Å². The number of nitrogens with two attached hydrogens (primary N) is 1. The van der Waals surface area contributed by atoms with Crippen LogP contribution in [0.25, 0.3) is 0 Å².